The number of hydrogen-bond donors (Lipinski definition) is 2. The van der Waals surface area contributed by atoms with Crippen molar-refractivity contribution in [3.8, 4) is 11.3 Å². The molecule has 2 atom stereocenters. The number of H-pyrrole nitrogens is 1. The SMILES string of the molecule is Cc1cc(-c2n[nH]c3ncc(C(=O)N[C@H]4C[C@@H]4c4ccccc4)cc23)ccn1. The molecule has 3 heterocycles. The molecule has 1 aromatic carbocycles. The number of fused-ring (bicyclic) bond motifs is 1. The number of hydrogen-bond acceptors (Lipinski definition) is 4. The van der Waals surface area contributed by atoms with Gasteiger partial charge in [0.15, 0.2) is 5.65 Å². The highest BCUT2D eigenvalue weighted by atomic mass is 16.1. The minimum atomic E-state index is -0.101. The maximum absolute atomic E-state index is 12.7. The number of pyridine rings is 2. The van der Waals surface area contributed by atoms with Crippen LogP contribution in [0.2, 0.25) is 0 Å². The van der Waals surface area contributed by atoms with Crippen molar-refractivity contribution in [1.82, 2.24) is 25.5 Å². The highest BCUT2D eigenvalue weighted by molar-refractivity contribution is 6.00. The third kappa shape index (κ3) is 3.03. The maximum atomic E-state index is 12.7. The Labute approximate surface area is 162 Å². The van der Waals surface area contributed by atoms with Crippen molar-refractivity contribution in [3.05, 3.63) is 77.7 Å². The molecule has 4 aromatic rings. The van der Waals surface area contributed by atoms with Gasteiger partial charge in [0.2, 0.25) is 0 Å². The van der Waals surface area contributed by atoms with Crippen LogP contribution in [0.25, 0.3) is 22.3 Å². The predicted molar refractivity (Wildman–Crippen MR) is 107 cm³/mol. The highest BCUT2D eigenvalue weighted by Gasteiger charge is 2.39. The summed E-state index contributed by atoms with van der Waals surface area (Å²) in [5.41, 5.74) is 5.11. The zero-order valence-corrected chi connectivity index (χ0v) is 15.4. The zero-order chi connectivity index (χ0) is 19.1. The van der Waals surface area contributed by atoms with Crippen LogP contribution in [-0.2, 0) is 0 Å². The molecule has 0 bridgehead atoms. The molecule has 28 heavy (non-hydrogen) atoms. The number of carbonyl (C=O) groups is 1. The summed E-state index contributed by atoms with van der Waals surface area (Å²) in [5, 5.41) is 11.3. The summed E-state index contributed by atoms with van der Waals surface area (Å²) < 4.78 is 0. The second-order valence-corrected chi connectivity index (χ2v) is 7.21. The minimum Gasteiger partial charge on any atom is -0.349 e. The molecule has 2 N–H and O–H groups in total. The van der Waals surface area contributed by atoms with E-state index in [0.717, 1.165) is 28.8 Å². The van der Waals surface area contributed by atoms with Crippen LogP contribution < -0.4 is 5.32 Å². The van der Waals surface area contributed by atoms with Crippen LogP contribution in [0.5, 0.6) is 0 Å². The standard InChI is InChI=1S/C22H19N5O/c1-13-9-15(7-8-23-13)20-18-10-16(12-24-21(18)27-26-20)22(28)25-19-11-17(19)14-5-3-2-4-6-14/h2-10,12,17,19H,11H2,1H3,(H,25,28)(H,24,26,27)/t17-,19+/m1/s1. The fourth-order valence-electron chi connectivity index (χ4n) is 3.62. The summed E-state index contributed by atoms with van der Waals surface area (Å²) in [7, 11) is 0. The number of aromatic nitrogens is 4. The molecule has 1 aliphatic rings. The summed E-state index contributed by atoms with van der Waals surface area (Å²) in [6, 6.07) is 16.2. The topological polar surface area (TPSA) is 83.6 Å². The van der Waals surface area contributed by atoms with Crippen molar-refractivity contribution in [1.29, 1.82) is 0 Å². The van der Waals surface area contributed by atoms with E-state index in [0.29, 0.717) is 17.1 Å². The van der Waals surface area contributed by atoms with Crippen LogP contribution in [0.15, 0.2) is 60.9 Å². The molecule has 0 aliphatic heterocycles. The third-order valence-corrected chi connectivity index (χ3v) is 5.18. The zero-order valence-electron chi connectivity index (χ0n) is 15.4. The summed E-state index contributed by atoms with van der Waals surface area (Å²) in [6.45, 7) is 1.94. The molecule has 138 valence electrons. The second-order valence-electron chi connectivity index (χ2n) is 7.21. The van der Waals surface area contributed by atoms with Gasteiger partial charge in [0.1, 0.15) is 5.69 Å². The summed E-state index contributed by atoms with van der Waals surface area (Å²) in [4.78, 5) is 21.4. The minimum absolute atomic E-state index is 0.101. The third-order valence-electron chi connectivity index (χ3n) is 5.18. The number of nitrogens with one attached hydrogen (secondary N) is 2. The van der Waals surface area contributed by atoms with Crippen LogP contribution in [0.1, 0.15) is 34.0 Å². The molecule has 0 unspecified atom stereocenters. The lowest BCUT2D eigenvalue weighted by molar-refractivity contribution is 0.0950. The Bertz CT molecular complexity index is 1170. The van der Waals surface area contributed by atoms with Crippen LogP contribution in [-0.4, -0.2) is 32.1 Å². The van der Waals surface area contributed by atoms with Crippen molar-refractivity contribution in [3.63, 3.8) is 0 Å². The predicted octanol–water partition coefficient (Wildman–Crippen LogP) is 3.61. The Morgan fingerprint density at radius 2 is 2.00 bits per heavy atom. The molecule has 0 saturated heterocycles. The number of benzene rings is 1. The normalized spacial score (nSPS) is 18.2. The Morgan fingerprint density at radius 3 is 2.82 bits per heavy atom. The smallest absolute Gasteiger partial charge is 0.253 e. The van der Waals surface area contributed by atoms with Gasteiger partial charge in [-0.2, -0.15) is 5.10 Å². The molecule has 1 fully saturated rings. The quantitative estimate of drug-likeness (QED) is 0.576. The summed E-state index contributed by atoms with van der Waals surface area (Å²) >= 11 is 0. The molecule has 3 aromatic heterocycles. The van der Waals surface area contributed by atoms with Crippen LogP contribution in [0.4, 0.5) is 0 Å². The Balaban J connectivity index is 1.39. The van der Waals surface area contributed by atoms with Crippen molar-refractivity contribution in [2.45, 2.75) is 25.3 Å². The van der Waals surface area contributed by atoms with Gasteiger partial charge in [0.05, 0.1) is 5.56 Å². The molecule has 0 spiro atoms. The van der Waals surface area contributed by atoms with Gasteiger partial charge in [-0.05, 0) is 37.1 Å². The monoisotopic (exact) mass is 369 g/mol. The van der Waals surface area contributed by atoms with E-state index in [1.165, 1.54) is 5.56 Å². The van der Waals surface area contributed by atoms with Crippen LogP contribution >= 0.6 is 0 Å². The summed E-state index contributed by atoms with van der Waals surface area (Å²) in [6.07, 6.45) is 4.32. The number of rotatable bonds is 4. The second kappa shape index (κ2) is 6.56. The van der Waals surface area contributed by atoms with Crippen molar-refractivity contribution < 1.29 is 4.79 Å². The van der Waals surface area contributed by atoms with Gasteiger partial charge in [-0.25, -0.2) is 4.98 Å². The Kier molecular flexibility index (Phi) is 3.90. The first-order valence-corrected chi connectivity index (χ1v) is 9.32. The lowest BCUT2D eigenvalue weighted by atomic mass is 10.1. The lowest BCUT2D eigenvalue weighted by Gasteiger charge is -2.05. The van der Waals surface area contributed by atoms with Crippen molar-refractivity contribution in [2.24, 2.45) is 0 Å². The van der Waals surface area contributed by atoms with E-state index < -0.39 is 0 Å². The average Bonchev–Trinajstić information content (AvgIpc) is 3.35. The fourth-order valence-corrected chi connectivity index (χ4v) is 3.62. The highest BCUT2D eigenvalue weighted by Crippen LogP contribution is 2.40. The van der Waals surface area contributed by atoms with Crippen LogP contribution in [0.3, 0.4) is 0 Å². The van der Waals surface area contributed by atoms with Gasteiger partial charge in [-0.3, -0.25) is 14.9 Å². The van der Waals surface area contributed by atoms with Gasteiger partial charge in [0.25, 0.3) is 5.91 Å². The first-order chi connectivity index (χ1) is 13.7. The van der Waals surface area contributed by atoms with Crippen LogP contribution in [0, 0.1) is 6.92 Å². The van der Waals surface area contributed by atoms with E-state index in [-0.39, 0.29) is 11.9 Å². The largest absolute Gasteiger partial charge is 0.349 e. The molecule has 5 rings (SSSR count). The molecule has 1 amide bonds. The van der Waals surface area contributed by atoms with E-state index >= 15 is 0 Å². The van der Waals surface area contributed by atoms with Gasteiger partial charge < -0.3 is 5.32 Å². The molecule has 1 saturated carbocycles. The number of nitrogens with zero attached hydrogens (tertiary/aromatic N) is 3. The molecule has 6 nitrogen and oxygen atoms in total. The average molecular weight is 369 g/mol. The number of carbonyl (C=O) groups excluding carboxylic acids is 1. The molecular formula is C22H19N5O. The van der Waals surface area contributed by atoms with Crippen molar-refractivity contribution in [2.75, 3.05) is 0 Å². The van der Waals surface area contributed by atoms with E-state index in [2.05, 4.69) is 37.6 Å². The van der Waals surface area contributed by atoms with E-state index in [9.17, 15) is 4.79 Å². The molecule has 0 radical (unpaired) electrons. The number of aromatic amines is 1. The van der Waals surface area contributed by atoms with E-state index in [1.54, 1.807) is 12.4 Å². The summed E-state index contributed by atoms with van der Waals surface area (Å²) in [5.74, 6) is 0.294. The Hall–Kier alpha value is -3.54. The molecular weight excluding hydrogens is 350 g/mol. The number of aryl methyl sites for hydroxylation is 1. The van der Waals surface area contributed by atoms with E-state index in [1.807, 2.05) is 43.3 Å². The van der Waals surface area contributed by atoms with Crippen molar-refractivity contribution >= 4 is 16.9 Å². The Morgan fingerprint density at radius 1 is 1.14 bits per heavy atom. The molecule has 1 aliphatic carbocycles. The van der Waals surface area contributed by atoms with E-state index in [4.69, 9.17) is 0 Å². The number of amides is 1. The van der Waals surface area contributed by atoms with Gasteiger partial charge in [-0.1, -0.05) is 30.3 Å². The first-order valence-electron chi connectivity index (χ1n) is 9.32. The van der Waals surface area contributed by atoms with Gasteiger partial charge in [-0.15, -0.1) is 0 Å². The molecule has 6 heteroatoms. The van der Waals surface area contributed by atoms with Gasteiger partial charge >= 0.3 is 0 Å². The van der Waals surface area contributed by atoms with Gasteiger partial charge in [0, 0.05) is 41.0 Å². The first kappa shape index (κ1) is 16.6. The lowest BCUT2D eigenvalue weighted by Crippen LogP contribution is -2.26. The maximum Gasteiger partial charge on any atom is 0.253 e. The fraction of sp³-hybridized carbons (Fsp3) is 0.182.